The van der Waals surface area contributed by atoms with Crippen molar-refractivity contribution in [3.8, 4) is 5.75 Å². The van der Waals surface area contributed by atoms with Crippen LogP contribution < -0.4 is 15.4 Å². The van der Waals surface area contributed by atoms with Gasteiger partial charge >= 0.3 is 0 Å². The van der Waals surface area contributed by atoms with Crippen molar-refractivity contribution in [1.29, 1.82) is 0 Å². The summed E-state index contributed by atoms with van der Waals surface area (Å²) >= 11 is 0. The van der Waals surface area contributed by atoms with E-state index in [0.717, 1.165) is 37.2 Å². The van der Waals surface area contributed by atoms with Crippen LogP contribution in [0.4, 0.5) is 0 Å². The van der Waals surface area contributed by atoms with Gasteiger partial charge in [0, 0.05) is 6.54 Å². The average molecular weight is 380 g/mol. The van der Waals surface area contributed by atoms with Crippen molar-refractivity contribution in [2.24, 2.45) is 0 Å². The lowest BCUT2D eigenvalue weighted by molar-refractivity contribution is 0.0949. The highest BCUT2D eigenvalue weighted by Crippen LogP contribution is 2.18. The van der Waals surface area contributed by atoms with Crippen molar-refractivity contribution in [1.82, 2.24) is 25.6 Å². The molecule has 0 aliphatic carbocycles. The smallest absolute Gasteiger partial charge is 0.273 e. The molecule has 2 N–H and O–H groups in total. The van der Waals surface area contributed by atoms with Gasteiger partial charge in [0.25, 0.3) is 5.91 Å². The van der Waals surface area contributed by atoms with E-state index in [1.807, 2.05) is 35.9 Å². The third kappa shape index (κ3) is 5.19. The maximum atomic E-state index is 12.3. The Bertz CT molecular complexity index is 700. The van der Waals surface area contributed by atoms with E-state index in [4.69, 9.17) is 4.74 Å². The first kappa shape index (κ1) is 20.2. The zero-order chi connectivity index (χ0) is 17.5. The average Bonchev–Trinajstić information content (AvgIpc) is 3.14. The van der Waals surface area contributed by atoms with Crippen LogP contribution in [0, 0.1) is 0 Å². The topological polar surface area (TPSA) is 81.1 Å². The quantitative estimate of drug-likeness (QED) is 0.769. The zero-order valence-corrected chi connectivity index (χ0v) is 15.8. The van der Waals surface area contributed by atoms with Crippen molar-refractivity contribution < 1.29 is 9.53 Å². The minimum absolute atomic E-state index is 0. The van der Waals surface area contributed by atoms with E-state index >= 15 is 0 Å². The summed E-state index contributed by atoms with van der Waals surface area (Å²) in [6.07, 6.45) is 4.49. The number of hydrogen-bond donors (Lipinski definition) is 2. The maximum absolute atomic E-state index is 12.3. The molecule has 1 saturated heterocycles. The van der Waals surface area contributed by atoms with E-state index in [1.54, 1.807) is 6.20 Å². The SMILES string of the molecule is CCOc1ccccc1CCNC(=O)c1cn(C2CCNCC2)nn1.Cl. The highest BCUT2D eigenvalue weighted by molar-refractivity contribution is 5.91. The predicted molar refractivity (Wildman–Crippen MR) is 102 cm³/mol. The summed E-state index contributed by atoms with van der Waals surface area (Å²) in [5.41, 5.74) is 1.46. The number of amides is 1. The van der Waals surface area contributed by atoms with Crippen LogP contribution in [0.3, 0.4) is 0 Å². The number of nitrogens with zero attached hydrogens (tertiary/aromatic N) is 3. The highest BCUT2D eigenvalue weighted by Gasteiger charge is 2.18. The molecule has 3 rings (SSSR count). The van der Waals surface area contributed by atoms with Gasteiger partial charge in [0.2, 0.25) is 0 Å². The molecule has 0 unspecified atom stereocenters. The van der Waals surface area contributed by atoms with E-state index in [0.29, 0.717) is 31.3 Å². The fourth-order valence-electron chi connectivity index (χ4n) is 3.04. The third-order valence-corrected chi connectivity index (χ3v) is 4.38. The molecule has 0 atom stereocenters. The second-order valence-corrected chi connectivity index (χ2v) is 6.11. The van der Waals surface area contributed by atoms with Crippen LogP contribution in [0.2, 0.25) is 0 Å². The fourth-order valence-corrected chi connectivity index (χ4v) is 3.04. The molecular weight excluding hydrogens is 354 g/mol. The second kappa shape index (κ2) is 10.1. The van der Waals surface area contributed by atoms with Crippen LogP contribution in [0.15, 0.2) is 30.5 Å². The Hall–Kier alpha value is -2.12. The summed E-state index contributed by atoms with van der Waals surface area (Å²) in [4.78, 5) is 12.3. The van der Waals surface area contributed by atoms with Gasteiger partial charge in [0.15, 0.2) is 5.69 Å². The molecule has 7 nitrogen and oxygen atoms in total. The van der Waals surface area contributed by atoms with Gasteiger partial charge in [-0.05, 0) is 50.9 Å². The van der Waals surface area contributed by atoms with Gasteiger partial charge in [0.05, 0.1) is 18.8 Å². The molecule has 8 heteroatoms. The minimum atomic E-state index is -0.186. The zero-order valence-electron chi connectivity index (χ0n) is 15.0. The highest BCUT2D eigenvalue weighted by atomic mass is 35.5. The van der Waals surface area contributed by atoms with Crippen molar-refractivity contribution in [3.63, 3.8) is 0 Å². The van der Waals surface area contributed by atoms with Gasteiger partial charge in [-0.3, -0.25) is 4.79 Å². The number of carbonyl (C=O) groups is 1. The molecule has 1 aromatic heterocycles. The largest absolute Gasteiger partial charge is 0.494 e. The van der Waals surface area contributed by atoms with Gasteiger partial charge in [-0.1, -0.05) is 23.4 Å². The number of hydrogen-bond acceptors (Lipinski definition) is 5. The molecule has 1 amide bonds. The van der Waals surface area contributed by atoms with Crippen molar-refractivity contribution in [2.45, 2.75) is 32.2 Å². The number of benzene rings is 1. The molecule has 0 saturated carbocycles. The molecule has 0 spiro atoms. The third-order valence-electron chi connectivity index (χ3n) is 4.38. The first-order chi connectivity index (χ1) is 12.3. The molecule has 0 bridgehead atoms. The monoisotopic (exact) mass is 379 g/mol. The molecule has 1 aliphatic rings. The van der Waals surface area contributed by atoms with E-state index in [1.165, 1.54) is 0 Å². The number of ether oxygens (including phenoxy) is 1. The van der Waals surface area contributed by atoms with Crippen LogP contribution in [0.25, 0.3) is 0 Å². The second-order valence-electron chi connectivity index (χ2n) is 6.11. The minimum Gasteiger partial charge on any atom is -0.494 e. The van der Waals surface area contributed by atoms with Crippen molar-refractivity contribution in [2.75, 3.05) is 26.2 Å². The Morgan fingerprint density at radius 2 is 2.12 bits per heavy atom. The summed E-state index contributed by atoms with van der Waals surface area (Å²) < 4.78 is 7.43. The number of halogens is 1. The molecular formula is C18H26ClN5O2. The van der Waals surface area contributed by atoms with E-state index in [2.05, 4.69) is 20.9 Å². The Labute approximate surface area is 159 Å². The predicted octanol–water partition coefficient (Wildman–Crippen LogP) is 2.00. The molecule has 2 heterocycles. The van der Waals surface area contributed by atoms with Crippen LogP contribution in [0.5, 0.6) is 5.75 Å². The molecule has 1 aliphatic heterocycles. The van der Waals surface area contributed by atoms with E-state index in [9.17, 15) is 4.79 Å². The number of nitrogens with one attached hydrogen (secondary N) is 2. The number of carbonyl (C=O) groups excluding carboxylic acids is 1. The van der Waals surface area contributed by atoms with E-state index < -0.39 is 0 Å². The summed E-state index contributed by atoms with van der Waals surface area (Å²) in [5.74, 6) is 0.685. The number of piperidine rings is 1. The summed E-state index contributed by atoms with van der Waals surface area (Å²) in [7, 11) is 0. The molecule has 2 aromatic rings. The van der Waals surface area contributed by atoms with Gasteiger partial charge in [-0.2, -0.15) is 0 Å². The first-order valence-electron chi connectivity index (χ1n) is 8.89. The van der Waals surface area contributed by atoms with E-state index in [-0.39, 0.29) is 18.3 Å². The summed E-state index contributed by atoms with van der Waals surface area (Å²) in [6.45, 7) is 5.08. The lowest BCUT2D eigenvalue weighted by Crippen LogP contribution is -2.29. The maximum Gasteiger partial charge on any atom is 0.273 e. The van der Waals surface area contributed by atoms with Gasteiger partial charge in [-0.25, -0.2) is 4.68 Å². The Balaban J connectivity index is 0.00000243. The number of para-hydroxylation sites is 1. The number of aromatic nitrogens is 3. The van der Waals surface area contributed by atoms with Crippen LogP contribution >= 0.6 is 12.4 Å². The fraction of sp³-hybridized carbons (Fsp3) is 0.500. The lowest BCUT2D eigenvalue weighted by atomic mass is 10.1. The molecule has 26 heavy (non-hydrogen) atoms. The van der Waals surface area contributed by atoms with Gasteiger partial charge < -0.3 is 15.4 Å². The van der Waals surface area contributed by atoms with Crippen molar-refractivity contribution in [3.05, 3.63) is 41.7 Å². The summed E-state index contributed by atoms with van der Waals surface area (Å²) in [6, 6.07) is 8.22. The standard InChI is InChI=1S/C18H25N5O2.ClH/c1-2-25-17-6-4-3-5-14(17)7-12-20-18(24)16-13-23(22-21-16)15-8-10-19-11-9-15;/h3-6,13,15,19H,2,7-12H2,1H3,(H,20,24);1H. The van der Waals surface area contributed by atoms with Crippen molar-refractivity contribution >= 4 is 18.3 Å². The van der Waals surface area contributed by atoms with Crippen LogP contribution in [-0.2, 0) is 6.42 Å². The lowest BCUT2D eigenvalue weighted by Gasteiger charge is -2.22. The van der Waals surface area contributed by atoms with Crippen LogP contribution in [-0.4, -0.2) is 47.1 Å². The summed E-state index contributed by atoms with van der Waals surface area (Å²) in [5, 5.41) is 14.4. The molecule has 1 fully saturated rings. The molecule has 1 aromatic carbocycles. The Morgan fingerprint density at radius 1 is 1.35 bits per heavy atom. The first-order valence-corrected chi connectivity index (χ1v) is 8.89. The van der Waals surface area contributed by atoms with Gasteiger partial charge in [0.1, 0.15) is 5.75 Å². The normalized spacial score (nSPS) is 14.5. The van der Waals surface area contributed by atoms with Crippen LogP contribution in [0.1, 0.15) is 41.9 Å². The Kier molecular flexibility index (Phi) is 7.87. The van der Waals surface area contributed by atoms with Gasteiger partial charge in [-0.15, -0.1) is 17.5 Å². The molecule has 142 valence electrons. The number of rotatable bonds is 7. The molecule has 0 radical (unpaired) electrons. The Morgan fingerprint density at radius 3 is 2.88 bits per heavy atom.